The van der Waals surface area contributed by atoms with E-state index in [1.807, 2.05) is 0 Å². The van der Waals surface area contributed by atoms with Gasteiger partial charge in [-0.05, 0) is 24.6 Å². The van der Waals surface area contributed by atoms with Gasteiger partial charge in [-0.2, -0.15) is 4.39 Å². The Kier molecular flexibility index (Phi) is 3.74. The molecule has 0 aliphatic heterocycles. The van der Waals surface area contributed by atoms with E-state index in [0.717, 1.165) is 12.1 Å². The Morgan fingerprint density at radius 3 is 2.85 bits per heavy atom. The lowest BCUT2D eigenvalue weighted by atomic mass is 10.1. The van der Waals surface area contributed by atoms with Gasteiger partial charge < -0.3 is 9.52 Å². The molecule has 0 unspecified atom stereocenters. The van der Waals surface area contributed by atoms with Gasteiger partial charge in [0, 0.05) is 18.3 Å². The summed E-state index contributed by atoms with van der Waals surface area (Å²) in [7, 11) is 0. The van der Waals surface area contributed by atoms with Crippen molar-refractivity contribution in [1.82, 2.24) is 4.98 Å². The number of carbonyl (C=O) groups is 1. The highest BCUT2D eigenvalue weighted by molar-refractivity contribution is 6.08. The molecule has 0 saturated carbocycles. The second-order valence-electron chi connectivity index (χ2n) is 4.01. The van der Waals surface area contributed by atoms with E-state index in [1.54, 1.807) is 0 Å². The van der Waals surface area contributed by atoms with Crippen LogP contribution in [0, 0.1) is 12.9 Å². The van der Waals surface area contributed by atoms with E-state index in [1.165, 1.54) is 31.3 Å². The first-order valence-corrected chi connectivity index (χ1v) is 5.65. The van der Waals surface area contributed by atoms with Crippen LogP contribution in [0.15, 0.2) is 39.7 Å². The summed E-state index contributed by atoms with van der Waals surface area (Å²) in [6, 6.07) is 3.79. The monoisotopic (exact) mass is 275 g/mol. The lowest BCUT2D eigenvalue weighted by Crippen LogP contribution is -2.12. The maximum atomic E-state index is 12.9. The Labute approximate surface area is 113 Å². The highest BCUT2D eigenvalue weighted by Gasteiger charge is 2.15. The summed E-state index contributed by atoms with van der Waals surface area (Å²) >= 11 is 0. The number of aryl methyl sites for hydroxylation is 1. The molecule has 2 heterocycles. The van der Waals surface area contributed by atoms with Crippen LogP contribution in [0.4, 0.5) is 4.39 Å². The van der Waals surface area contributed by atoms with E-state index >= 15 is 0 Å². The van der Waals surface area contributed by atoms with Gasteiger partial charge in [0.1, 0.15) is 17.1 Å². The standard InChI is InChI=1S/C14H10FNO4/c1-8-6-11(18)13(14(19)20-8)10(17)3-2-9-4-5-16-12(15)7-9/h2-7,18H,1H3/b3-2+. The summed E-state index contributed by atoms with van der Waals surface area (Å²) in [6.45, 7) is 1.48. The molecular formula is C14H10FNO4. The van der Waals surface area contributed by atoms with Gasteiger partial charge >= 0.3 is 5.63 Å². The van der Waals surface area contributed by atoms with Crippen molar-refractivity contribution in [1.29, 1.82) is 0 Å². The number of hydrogen-bond donors (Lipinski definition) is 1. The highest BCUT2D eigenvalue weighted by Crippen LogP contribution is 2.16. The third kappa shape index (κ3) is 2.97. The molecule has 102 valence electrons. The number of allylic oxidation sites excluding steroid dienone is 1. The molecule has 5 nitrogen and oxygen atoms in total. The van der Waals surface area contributed by atoms with Crippen molar-refractivity contribution in [3.63, 3.8) is 0 Å². The zero-order chi connectivity index (χ0) is 14.7. The smallest absolute Gasteiger partial charge is 0.351 e. The van der Waals surface area contributed by atoms with Gasteiger partial charge in [-0.25, -0.2) is 9.78 Å². The molecule has 2 aromatic heterocycles. The molecule has 0 aliphatic carbocycles. The number of hydrogen-bond acceptors (Lipinski definition) is 5. The molecule has 0 amide bonds. The van der Waals surface area contributed by atoms with Crippen molar-refractivity contribution in [3.05, 3.63) is 63.7 Å². The third-order valence-electron chi connectivity index (χ3n) is 2.48. The average Bonchev–Trinajstić information content (AvgIpc) is 2.35. The summed E-state index contributed by atoms with van der Waals surface area (Å²) < 4.78 is 17.6. The lowest BCUT2D eigenvalue weighted by molar-refractivity contribution is 0.104. The van der Waals surface area contributed by atoms with Gasteiger partial charge in [-0.15, -0.1) is 0 Å². The molecule has 0 radical (unpaired) electrons. The van der Waals surface area contributed by atoms with E-state index in [2.05, 4.69) is 4.98 Å². The zero-order valence-corrected chi connectivity index (χ0v) is 10.5. The molecule has 6 heteroatoms. The summed E-state index contributed by atoms with van der Waals surface area (Å²) in [5.74, 6) is -1.66. The fraction of sp³-hybridized carbons (Fsp3) is 0.0714. The molecule has 0 atom stereocenters. The van der Waals surface area contributed by atoms with Crippen LogP contribution in [0.1, 0.15) is 21.7 Å². The van der Waals surface area contributed by atoms with Crippen LogP contribution in [-0.2, 0) is 0 Å². The van der Waals surface area contributed by atoms with Gasteiger partial charge in [0.15, 0.2) is 5.78 Å². The number of aromatic hydroxyl groups is 1. The quantitative estimate of drug-likeness (QED) is 0.527. The van der Waals surface area contributed by atoms with Gasteiger partial charge in [0.25, 0.3) is 0 Å². The molecule has 0 spiro atoms. The third-order valence-corrected chi connectivity index (χ3v) is 2.48. The van der Waals surface area contributed by atoms with Gasteiger partial charge in [0.2, 0.25) is 5.95 Å². The number of pyridine rings is 1. The first-order chi connectivity index (χ1) is 9.47. The van der Waals surface area contributed by atoms with Crippen molar-refractivity contribution in [2.75, 3.05) is 0 Å². The second-order valence-corrected chi connectivity index (χ2v) is 4.01. The lowest BCUT2D eigenvalue weighted by Gasteiger charge is -1.99. The maximum Gasteiger partial charge on any atom is 0.351 e. The molecule has 1 N–H and O–H groups in total. The van der Waals surface area contributed by atoms with E-state index < -0.39 is 28.7 Å². The van der Waals surface area contributed by atoms with Crippen LogP contribution in [-0.4, -0.2) is 15.9 Å². The fourth-order valence-corrected chi connectivity index (χ4v) is 1.60. The number of halogens is 1. The van der Waals surface area contributed by atoms with Crippen LogP contribution in [0.5, 0.6) is 5.75 Å². The van der Waals surface area contributed by atoms with Crippen LogP contribution >= 0.6 is 0 Å². The molecule has 0 aromatic carbocycles. The largest absolute Gasteiger partial charge is 0.507 e. The Balaban J connectivity index is 2.32. The number of nitrogens with zero attached hydrogens (tertiary/aromatic N) is 1. The second kappa shape index (κ2) is 5.48. The first-order valence-electron chi connectivity index (χ1n) is 5.65. The van der Waals surface area contributed by atoms with Crippen molar-refractivity contribution in [2.24, 2.45) is 0 Å². The Morgan fingerprint density at radius 2 is 2.20 bits per heavy atom. The first kappa shape index (κ1) is 13.7. The maximum absolute atomic E-state index is 12.9. The van der Waals surface area contributed by atoms with Crippen LogP contribution in [0.25, 0.3) is 6.08 Å². The molecule has 0 aliphatic rings. The van der Waals surface area contributed by atoms with Crippen molar-refractivity contribution < 1.29 is 18.7 Å². The number of aromatic nitrogens is 1. The predicted octanol–water partition coefficient (Wildman–Crippen LogP) is 2.08. The molecule has 0 fully saturated rings. The van der Waals surface area contributed by atoms with E-state index in [4.69, 9.17) is 4.42 Å². The Morgan fingerprint density at radius 1 is 1.45 bits per heavy atom. The summed E-state index contributed by atoms with van der Waals surface area (Å²) in [5.41, 5.74) is -0.971. The topological polar surface area (TPSA) is 80.4 Å². The summed E-state index contributed by atoms with van der Waals surface area (Å²) in [4.78, 5) is 26.7. The molecule has 0 bridgehead atoms. The van der Waals surface area contributed by atoms with Gasteiger partial charge in [-0.3, -0.25) is 4.79 Å². The minimum Gasteiger partial charge on any atom is -0.507 e. The van der Waals surface area contributed by atoms with E-state index in [0.29, 0.717) is 5.56 Å². The summed E-state index contributed by atoms with van der Waals surface area (Å²) in [5, 5.41) is 9.60. The average molecular weight is 275 g/mol. The van der Waals surface area contributed by atoms with Crippen LogP contribution in [0.2, 0.25) is 0 Å². The molecular weight excluding hydrogens is 265 g/mol. The van der Waals surface area contributed by atoms with Gasteiger partial charge in [0.05, 0.1) is 0 Å². The van der Waals surface area contributed by atoms with E-state index in [9.17, 15) is 19.1 Å². The minimum absolute atomic E-state index is 0.198. The normalized spacial score (nSPS) is 10.9. The Hall–Kier alpha value is -2.76. The molecule has 20 heavy (non-hydrogen) atoms. The highest BCUT2D eigenvalue weighted by atomic mass is 19.1. The summed E-state index contributed by atoms with van der Waals surface area (Å²) in [6.07, 6.45) is 3.61. The zero-order valence-electron chi connectivity index (χ0n) is 10.5. The van der Waals surface area contributed by atoms with Crippen LogP contribution in [0.3, 0.4) is 0 Å². The predicted molar refractivity (Wildman–Crippen MR) is 68.9 cm³/mol. The van der Waals surface area contributed by atoms with Crippen molar-refractivity contribution >= 4 is 11.9 Å². The molecule has 2 aromatic rings. The Bertz CT molecular complexity index is 749. The van der Waals surface area contributed by atoms with E-state index in [-0.39, 0.29) is 5.76 Å². The van der Waals surface area contributed by atoms with Crippen molar-refractivity contribution in [3.8, 4) is 5.75 Å². The minimum atomic E-state index is -0.918. The molecule has 2 rings (SSSR count). The number of ketones is 1. The molecule has 0 saturated heterocycles. The fourth-order valence-electron chi connectivity index (χ4n) is 1.60. The number of rotatable bonds is 3. The SMILES string of the molecule is Cc1cc(O)c(C(=O)/C=C/c2ccnc(F)c2)c(=O)o1. The van der Waals surface area contributed by atoms with Gasteiger partial charge in [-0.1, -0.05) is 6.08 Å². The number of carbonyl (C=O) groups excluding carboxylic acids is 1. The van der Waals surface area contributed by atoms with Crippen molar-refractivity contribution in [2.45, 2.75) is 6.92 Å². The van der Waals surface area contributed by atoms with Crippen LogP contribution < -0.4 is 5.63 Å².